The van der Waals surface area contributed by atoms with Gasteiger partial charge in [-0.3, -0.25) is 14.4 Å². The van der Waals surface area contributed by atoms with Gasteiger partial charge in [-0.15, -0.1) is 0 Å². The Balaban J connectivity index is 0. The first-order valence-corrected chi connectivity index (χ1v) is 8.34. The maximum absolute atomic E-state index is 10.2. The van der Waals surface area contributed by atoms with Crippen LogP contribution in [0.25, 0.3) is 0 Å². The molecule has 136 valence electrons. The quantitative estimate of drug-likeness (QED) is 0.382. The van der Waals surface area contributed by atoms with Gasteiger partial charge >= 0.3 is 11.9 Å². The Bertz CT molecular complexity index is 322. The van der Waals surface area contributed by atoms with Gasteiger partial charge in [-0.25, -0.2) is 0 Å². The van der Waals surface area contributed by atoms with E-state index in [2.05, 4.69) is 12.2 Å². The Kier molecular flexibility index (Phi) is 18.9. The lowest BCUT2D eigenvalue weighted by atomic mass is 10.1. The van der Waals surface area contributed by atoms with E-state index in [1.54, 1.807) is 0 Å². The number of carboxylic acids is 2. The fraction of sp³-hybridized carbons (Fsp3) is 0.812. The molecular weight excluding hydrogens is 300 g/mol. The zero-order chi connectivity index (χ0) is 17.9. The Morgan fingerprint density at radius 3 is 1.70 bits per heavy atom. The summed E-state index contributed by atoms with van der Waals surface area (Å²) in [5.74, 6) is -2.19. The van der Waals surface area contributed by atoms with Crippen LogP contribution in [0.15, 0.2) is 0 Å². The second kappa shape index (κ2) is 18.4. The van der Waals surface area contributed by atoms with Crippen LogP contribution in [0.3, 0.4) is 0 Å². The molecule has 7 nitrogen and oxygen atoms in total. The molecule has 0 unspecified atom stereocenters. The average molecular weight is 332 g/mol. The fourth-order valence-corrected chi connectivity index (χ4v) is 1.83. The largest absolute Gasteiger partial charge is 0.481 e. The lowest BCUT2D eigenvalue weighted by Crippen LogP contribution is -2.34. The highest BCUT2D eigenvalue weighted by Crippen LogP contribution is 2.10. The summed E-state index contributed by atoms with van der Waals surface area (Å²) < 4.78 is 0. The number of unbranched alkanes of at least 4 members (excludes halogenated alkanes) is 8. The summed E-state index contributed by atoms with van der Waals surface area (Å²) in [6.07, 6.45) is 11.5. The van der Waals surface area contributed by atoms with E-state index in [9.17, 15) is 14.4 Å². The summed E-state index contributed by atoms with van der Waals surface area (Å²) in [7, 11) is 0. The van der Waals surface area contributed by atoms with Crippen LogP contribution in [0, 0.1) is 0 Å². The number of amides is 1. The molecule has 7 heteroatoms. The molecule has 0 aromatic heterocycles. The zero-order valence-corrected chi connectivity index (χ0v) is 14.2. The van der Waals surface area contributed by atoms with Gasteiger partial charge in [-0.05, 0) is 6.42 Å². The summed E-state index contributed by atoms with van der Waals surface area (Å²) in [5.41, 5.74) is 4.85. The van der Waals surface area contributed by atoms with E-state index in [1.807, 2.05) is 0 Å². The van der Waals surface area contributed by atoms with E-state index < -0.39 is 17.8 Å². The molecule has 0 aromatic carbocycles. The minimum Gasteiger partial charge on any atom is -0.481 e. The Hall–Kier alpha value is -1.63. The summed E-state index contributed by atoms with van der Waals surface area (Å²) in [6, 6.07) is 0. The van der Waals surface area contributed by atoms with Crippen LogP contribution in [0.5, 0.6) is 0 Å². The van der Waals surface area contributed by atoms with Crippen molar-refractivity contribution in [2.75, 3.05) is 13.1 Å². The van der Waals surface area contributed by atoms with E-state index in [-0.39, 0.29) is 13.1 Å². The molecule has 0 aliphatic carbocycles. The Morgan fingerprint density at radius 1 is 0.826 bits per heavy atom. The third-order valence-electron chi connectivity index (χ3n) is 3.12. The second-order valence-electron chi connectivity index (χ2n) is 5.35. The minimum absolute atomic E-state index is 0.173. The molecule has 23 heavy (non-hydrogen) atoms. The van der Waals surface area contributed by atoms with Crippen molar-refractivity contribution in [3.8, 4) is 0 Å². The van der Waals surface area contributed by atoms with Crippen molar-refractivity contribution in [3.05, 3.63) is 0 Å². The molecule has 1 amide bonds. The van der Waals surface area contributed by atoms with Gasteiger partial charge in [-0.2, -0.15) is 0 Å². The first kappa shape index (κ1) is 23.6. The van der Waals surface area contributed by atoms with Crippen LogP contribution in [0.1, 0.15) is 71.1 Å². The van der Waals surface area contributed by atoms with Crippen LogP contribution >= 0.6 is 0 Å². The van der Waals surface area contributed by atoms with Crippen molar-refractivity contribution in [2.45, 2.75) is 71.1 Å². The summed E-state index contributed by atoms with van der Waals surface area (Å²) in [6.45, 7) is 1.69. The van der Waals surface area contributed by atoms with Crippen molar-refractivity contribution in [1.82, 2.24) is 5.32 Å². The van der Waals surface area contributed by atoms with E-state index in [1.165, 1.54) is 44.9 Å². The number of hydrogen-bond donors (Lipinski definition) is 4. The van der Waals surface area contributed by atoms with Gasteiger partial charge in [0.2, 0.25) is 5.91 Å². The molecule has 0 rings (SSSR count). The van der Waals surface area contributed by atoms with Gasteiger partial charge in [0.1, 0.15) is 6.54 Å². The van der Waals surface area contributed by atoms with Gasteiger partial charge in [0, 0.05) is 6.42 Å². The number of rotatable bonds is 13. The number of nitrogens with one attached hydrogen (secondary N) is 1. The van der Waals surface area contributed by atoms with Crippen molar-refractivity contribution in [1.29, 1.82) is 0 Å². The molecule has 0 bridgehead atoms. The van der Waals surface area contributed by atoms with E-state index in [4.69, 9.17) is 15.9 Å². The summed E-state index contributed by atoms with van der Waals surface area (Å²) >= 11 is 0. The first-order valence-electron chi connectivity index (χ1n) is 8.34. The van der Waals surface area contributed by atoms with E-state index >= 15 is 0 Å². The number of carboxylic acid groups (broad SMARTS) is 2. The highest BCUT2D eigenvalue weighted by atomic mass is 16.4. The monoisotopic (exact) mass is 332 g/mol. The molecule has 0 heterocycles. The molecule has 0 aromatic rings. The molecule has 0 spiro atoms. The van der Waals surface area contributed by atoms with Gasteiger partial charge in [0.15, 0.2) is 0 Å². The van der Waals surface area contributed by atoms with Gasteiger partial charge in [0.25, 0.3) is 0 Å². The maximum Gasteiger partial charge on any atom is 0.322 e. The van der Waals surface area contributed by atoms with Crippen molar-refractivity contribution >= 4 is 17.8 Å². The van der Waals surface area contributed by atoms with E-state index in [0.717, 1.165) is 12.8 Å². The highest BCUT2D eigenvalue weighted by molar-refractivity contribution is 5.82. The van der Waals surface area contributed by atoms with Gasteiger partial charge < -0.3 is 21.3 Å². The molecule has 0 fully saturated rings. The SMILES string of the molecule is CCCCCCCCCCCC(=O)O.NCC(=O)NCC(=O)O. The zero-order valence-electron chi connectivity index (χ0n) is 14.2. The number of carbonyl (C=O) groups excluding carboxylic acids is 1. The maximum atomic E-state index is 10.2. The molecule has 5 N–H and O–H groups in total. The third-order valence-corrected chi connectivity index (χ3v) is 3.12. The highest BCUT2D eigenvalue weighted by Gasteiger charge is 1.98. The summed E-state index contributed by atoms with van der Waals surface area (Å²) in [4.78, 5) is 30.2. The smallest absolute Gasteiger partial charge is 0.322 e. The molecule has 0 aliphatic rings. The van der Waals surface area contributed by atoms with Crippen LogP contribution in [-0.2, 0) is 14.4 Å². The number of carbonyl (C=O) groups is 3. The lowest BCUT2D eigenvalue weighted by Gasteiger charge is -2.00. The lowest BCUT2D eigenvalue weighted by molar-refractivity contribution is -0.138. The van der Waals surface area contributed by atoms with E-state index in [0.29, 0.717) is 6.42 Å². The van der Waals surface area contributed by atoms with Crippen LogP contribution in [0.4, 0.5) is 0 Å². The molecule has 0 saturated heterocycles. The summed E-state index contributed by atoms with van der Waals surface area (Å²) in [5, 5.41) is 18.5. The van der Waals surface area contributed by atoms with Crippen LogP contribution in [-0.4, -0.2) is 41.1 Å². The molecule has 0 radical (unpaired) electrons. The first-order chi connectivity index (χ1) is 10.9. The van der Waals surface area contributed by atoms with Gasteiger partial charge in [0.05, 0.1) is 6.54 Å². The third kappa shape index (κ3) is 25.7. The topological polar surface area (TPSA) is 130 Å². The van der Waals surface area contributed by atoms with Crippen LogP contribution < -0.4 is 11.1 Å². The minimum atomic E-state index is -1.07. The average Bonchev–Trinajstić information content (AvgIpc) is 2.51. The molecule has 0 saturated carbocycles. The molecule has 0 atom stereocenters. The molecule has 0 aliphatic heterocycles. The van der Waals surface area contributed by atoms with Crippen molar-refractivity contribution in [2.24, 2.45) is 5.73 Å². The normalized spacial score (nSPS) is 9.65. The Morgan fingerprint density at radius 2 is 1.30 bits per heavy atom. The number of hydrogen-bond acceptors (Lipinski definition) is 4. The number of nitrogens with two attached hydrogens (primary N) is 1. The van der Waals surface area contributed by atoms with Crippen LogP contribution in [0.2, 0.25) is 0 Å². The molecular formula is C16H32N2O5. The predicted octanol–water partition coefficient (Wildman–Crippen LogP) is 2.14. The predicted molar refractivity (Wildman–Crippen MR) is 89.2 cm³/mol. The second-order valence-corrected chi connectivity index (χ2v) is 5.35. The standard InChI is InChI=1S/C12H24O2.C4H8N2O3/c1-2-3-4-5-6-7-8-9-10-11-12(13)14;5-1-3(7)6-2-4(8)9/h2-11H2,1H3,(H,13,14);1-2,5H2,(H,6,7)(H,8,9). The van der Waals surface area contributed by atoms with Crippen molar-refractivity contribution < 1.29 is 24.6 Å². The van der Waals surface area contributed by atoms with Gasteiger partial charge in [-0.1, -0.05) is 58.3 Å². The van der Waals surface area contributed by atoms with Crippen molar-refractivity contribution in [3.63, 3.8) is 0 Å². The number of aliphatic carboxylic acids is 2. The Labute approximate surface area is 138 Å². The fourth-order valence-electron chi connectivity index (χ4n) is 1.83.